The summed E-state index contributed by atoms with van der Waals surface area (Å²) in [6.45, 7) is 0. The summed E-state index contributed by atoms with van der Waals surface area (Å²) in [6, 6.07) is 7.72. The number of anilines is 1. The van der Waals surface area contributed by atoms with Crippen molar-refractivity contribution in [1.29, 1.82) is 0 Å². The number of thiazole rings is 1. The van der Waals surface area contributed by atoms with Crippen LogP contribution in [-0.2, 0) is 10.0 Å². The lowest BCUT2D eigenvalue weighted by Gasteiger charge is -2.05. The second kappa shape index (κ2) is 5.56. The maximum atomic E-state index is 13.2. The van der Waals surface area contributed by atoms with Crippen molar-refractivity contribution < 1.29 is 17.2 Å². The summed E-state index contributed by atoms with van der Waals surface area (Å²) in [7, 11) is -4.03. The summed E-state index contributed by atoms with van der Waals surface area (Å²) in [6.07, 6.45) is 0. The fourth-order valence-electron chi connectivity index (χ4n) is 1.76. The molecule has 0 bridgehead atoms. The summed E-state index contributed by atoms with van der Waals surface area (Å²) in [5.41, 5.74) is 0.635. The molecule has 0 fully saturated rings. The van der Waals surface area contributed by atoms with E-state index in [1.165, 1.54) is 0 Å². The van der Waals surface area contributed by atoms with Gasteiger partial charge in [-0.05, 0) is 36.4 Å². The summed E-state index contributed by atoms with van der Waals surface area (Å²) < 4.78 is 54.3. The first-order valence-corrected chi connectivity index (χ1v) is 8.98. The lowest BCUT2D eigenvalue weighted by Crippen LogP contribution is -2.13. The largest absolute Gasteiger partial charge is 0.263 e. The van der Waals surface area contributed by atoms with Crippen LogP contribution in [0.1, 0.15) is 0 Å². The highest BCUT2D eigenvalue weighted by Crippen LogP contribution is 2.30. The Hall–Kier alpha value is -1.58. The van der Waals surface area contributed by atoms with E-state index in [9.17, 15) is 17.2 Å². The van der Waals surface area contributed by atoms with E-state index in [1.807, 2.05) is 6.07 Å². The molecule has 4 nitrogen and oxygen atoms in total. The van der Waals surface area contributed by atoms with E-state index in [-0.39, 0.29) is 10.0 Å². The predicted molar refractivity (Wildman–Crippen MR) is 84.5 cm³/mol. The minimum Gasteiger partial charge on any atom is -0.255 e. The van der Waals surface area contributed by atoms with Gasteiger partial charge >= 0.3 is 0 Å². The topological polar surface area (TPSA) is 59.1 Å². The first-order valence-electron chi connectivity index (χ1n) is 5.89. The molecule has 3 aromatic rings. The number of rotatable bonds is 3. The molecule has 1 aromatic heterocycles. The zero-order valence-corrected chi connectivity index (χ0v) is 13.9. The van der Waals surface area contributed by atoms with Crippen molar-refractivity contribution in [2.75, 3.05) is 4.72 Å². The lowest BCUT2D eigenvalue weighted by atomic mass is 10.3. The average Bonchev–Trinajstić information content (AvgIpc) is 2.82. The molecule has 0 saturated carbocycles. The van der Waals surface area contributed by atoms with Crippen LogP contribution in [0, 0.1) is 11.6 Å². The molecular formula is C13H7BrF2N2O2S2. The lowest BCUT2D eigenvalue weighted by molar-refractivity contribution is 0.504. The van der Waals surface area contributed by atoms with Crippen LogP contribution < -0.4 is 4.72 Å². The quantitative estimate of drug-likeness (QED) is 0.713. The number of hydrogen-bond acceptors (Lipinski definition) is 4. The standard InChI is InChI=1S/C13H7BrF2N2O2S2/c14-7-1-4-11-12(5-7)21-13(17-11)18-22(19,20)8-2-3-9(15)10(16)6-8/h1-6H,(H,17,18). The molecule has 0 aliphatic heterocycles. The molecule has 1 N–H and O–H groups in total. The highest BCUT2D eigenvalue weighted by atomic mass is 79.9. The molecule has 3 rings (SSSR count). The van der Waals surface area contributed by atoms with E-state index < -0.39 is 21.7 Å². The predicted octanol–water partition coefficient (Wildman–Crippen LogP) is 4.14. The molecule has 0 amide bonds. The number of hydrogen-bond donors (Lipinski definition) is 1. The second-order valence-corrected chi connectivity index (χ2v) is 7.94. The zero-order chi connectivity index (χ0) is 15.9. The monoisotopic (exact) mass is 404 g/mol. The maximum absolute atomic E-state index is 13.2. The molecule has 0 spiro atoms. The summed E-state index contributed by atoms with van der Waals surface area (Å²) in [4.78, 5) is 3.78. The van der Waals surface area contributed by atoms with E-state index in [2.05, 4.69) is 25.6 Å². The van der Waals surface area contributed by atoms with E-state index in [0.717, 1.165) is 32.6 Å². The molecule has 0 aliphatic rings. The fourth-order valence-corrected chi connectivity index (χ4v) is 4.42. The minimum atomic E-state index is -4.03. The normalized spacial score (nSPS) is 11.8. The number of sulfonamides is 1. The van der Waals surface area contributed by atoms with E-state index in [0.29, 0.717) is 11.6 Å². The van der Waals surface area contributed by atoms with Crippen LogP contribution in [0.2, 0.25) is 0 Å². The smallest absolute Gasteiger partial charge is 0.255 e. The summed E-state index contributed by atoms with van der Waals surface area (Å²) in [5.74, 6) is -2.33. The Balaban J connectivity index is 1.96. The highest BCUT2D eigenvalue weighted by Gasteiger charge is 2.18. The van der Waals surface area contributed by atoms with Crippen LogP contribution >= 0.6 is 27.3 Å². The van der Waals surface area contributed by atoms with Crippen LogP contribution in [0.5, 0.6) is 0 Å². The van der Waals surface area contributed by atoms with Gasteiger partial charge < -0.3 is 0 Å². The first-order chi connectivity index (χ1) is 10.3. The molecule has 22 heavy (non-hydrogen) atoms. The van der Waals surface area contributed by atoms with Gasteiger partial charge in [0.05, 0.1) is 15.1 Å². The third-order valence-corrected chi connectivity index (χ3v) is 5.67. The van der Waals surface area contributed by atoms with Crippen molar-refractivity contribution in [3.8, 4) is 0 Å². The van der Waals surface area contributed by atoms with Crippen LogP contribution in [0.15, 0.2) is 45.8 Å². The number of halogens is 3. The van der Waals surface area contributed by atoms with Gasteiger partial charge in [-0.25, -0.2) is 22.2 Å². The van der Waals surface area contributed by atoms with Crippen molar-refractivity contribution in [1.82, 2.24) is 4.98 Å². The zero-order valence-electron chi connectivity index (χ0n) is 10.7. The number of nitrogens with zero attached hydrogens (tertiary/aromatic N) is 1. The molecule has 9 heteroatoms. The summed E-state index contributed by atoms with van der Waals surface area (Å²) >= 11 is 4.46. The number of fused-ring (bicyclic) bond motifs is 1. The van der Waals surface area contributed by atoms with Gasteiger partial charge in [-0.15, -0.1) is 0 Å². The Labute approximate surface area is 137 Å². The molecule has 0 saturated heterocycles. The first kappa shape index (κ1) is 15.3. The van der Waals surface area contributed by atoms with Crippen LogP contribution in [0.3, 0.4) is 0 Å². The van der Waals surface area contributed by atoms with E-state index in [1.54, 1.807) is 12.1 Å². The molecular weight excluding hydrogens is 398 g/mol. The molecule has 0 unspecified atom stereocenters. The number of aromatic nitrogens is 1. The Morgan fingerprint density at radius 3 is 2.59 bits per heavy atom. The molecule has 1 heterocycles. The molecule has 0 atom stereocenters. The van der Waals surface area contributed by atoms with Crippen LogP contribution in [0.25, 0.3) is 10.2 Å². The minimum absolute atomic E-state index is 0.151. The molecule has 0 aliphatic carbocycles. The van der Waals surface area contributed by atoms with Gasteiger partial charge in [0.15, 0.2) is 16.8 Å². The SMILES string of the molecule is O=S(=O)(Nc1nc2ccc(Br)cc2s1)c1ccc(F)c(F)c1. The van der Waals surface area contributed by atoms with Crippen molar-refractivity contribution in [2.24, 2.45) is 0 Å². The summed E-state index contributed by atoms with van der Waals surface area (Å²) in [5, 5.41) is 0.151. The van der Waals surface area contributed by atoms with Crippen molar-refractivity contribution in [3.05, 3.63) is 52.5 Å². The third kappa shape index (κ3) is 2.96. The Morgan fingerprint density at radius 1 is 1.09 bits per heavy atom. The van der Waals surface area contributed by atoms with Crippen molar-refractivity contribution >= 4 is 52.6 Å². The second-order valence-electron chi connectivity index (χ2n) is 4.31. The molecule has 114 valence electrons. The van der Waals surface area contributed by atoms with Crippen molar-refractivity contribution in [3.63, 3.8) is 0 Å². The van der Waals surface area contributed by atoms with Gasteiger partial charge in [-0.1, -0.05) is 27.3 Å². The number of nitrogens with one attached hydrogen (secondary N) is 1. The Morgan fingerprint density at radius 2 is 1.86 bits per heavy atom. The van der Waals surface area contributed by atoms with Crippen molar-refractivity contribution in [2.45, 2.75) is 4.90 Å². The van der Waals surface area contributed by atoms with Gasteiger partial charge in [0.25, 0.3) is 10.0 Å². The van der Waals surface area contributed by atoms with Gasteiger partial charge in [-0.2, -0.15) is 0 Å². The van der Waals surface area contributed by atoms with Gasteiger partial charge in [-0.3, -0.25) is 4.72 Å². The number of benzene rings is 2. The molecule has 2 aromatic carbocycles. The Kier molecular flexibility index (Phi) is 3.87. The maximum Gasteiger partial charge on any atom is 0.263 e. The average molecular weight is 405 g/mol. The van der Waals surface area contributed by atoms with Gasteiger partial charge in [0.2, 0.25) is 0 Å². The van der Waals surface area contributed by atoms with Crippen LogP contribution in [0.4, 0.5) is 13.9 Å². The van der Waals surface area contributed by atoms with Crippen LogP contribution in [-0.4, -0.2) is 13.4 Å². The van der Waals surface area contributed by atoms with Gasteiger partial charge in [0, 0.05) is 4.47 Å². The van der Waals surface area contributed by atoms with E-state index >= 15 is 0 Å². The Bertz CT molecular complexity index is 973. The van der Waals surface area contributed by atoms with E-state index in [4.69, 9.17) is 0 Å². The third-order valence-electron chi connectivity index (χ3n) is 2.77. The highest BCUT2D eigenvalue weighted by molar-refractivity contribution is 9.10. The molecule has 0 radical (unpaired) electrons. The van der Waals surface area contributed by atoms with Gasteiger partial charge in [0.1, 0.15) is 0 Å². The fraction of sp³-hybridized carbons (Fsp3) is 0.